The van der Waals surface area contributed by atoms with Gasteiger partial charge in [0, 0.05) is 39.1 Å². The number of hydrogen-bond donors (Lipinski definition) is 1. The summed E-state index contributed by atoms with van der Waals surface area (Å²) in [5, 5.41) is 3.48. The molecule has 4 nitrogen and oxygen atoms in total. The standard InChI is InChI=1S/C17H24N4S/c1-20(2)15-8-6-14(7-9-15)16-12-18-17(22-16)13-19-21-10-4-3-5-11-21/h6-9,12,19H,3-5,10-11,13H2,1-2H3. The van der Waals surface area contributed by atoms with E-state index in [1.807, 2.05) is 6.20 Å². The van der Waals surface area contributed by atoms with Gasteiger partial charge in [0.05, 0.1) is 11.4 Å². The van der Waals surface area contributed by atoms with Crippen LogP contribution in [0.25, 0.3) is 10.4 Å². The number of nitrogens with zero attached hydrogens (tertiary/aromatic N) is 3. The number of anilines is 1. The van der Waals surface area contributed by atoms with Crippen molar-refractivity contribution in [2.24, 2.45) is 0 Å². The highest BCUT2D eigenvalue weighted by molar-refractivity contribution is 7.15. The van der Waals surface area contributed by atoms with Crippen LogP contribution in [-0.4, -0.2) is 37.2 Å². The average molecular weight is 316 g/mol. The molecule has 0 unspecified atom stereocenters. The molecule has 0 aliphatic carbocycles. The van der Waals surface area contributed by atoms with Crippen LogP contribution in [0.3, 0.4) is 0 Å². The number of aromatic nitrogens is 1. The van der Waals surface area contributed by atoms with Crippen LogP contribution in [0, 0.1) is 0 Å². The second kappa shape index (κ2) is 7.22. The lowest BCUT2D eigenvalue weighted by Crippen LogP contribution is -2.41. The molecule has 0 bridgehead atoms. The Balaban J connectivity index is 1.60. The first-order valence-corrected chi connectivity index (χ1v) is 8.75. The van der Waals surface area contributed by atoms with Gasteiger partial charge in [0.2, 0.25) is 0 Å². The van der Waals surface area contributed by atoms with Gasteiger partial charge in [-0.1, -0.05) is 18.6 Å². The number of thiazole rings is 1. The number of hydrogen-bond acceptors (Lipinski definition) is 5. The molecule has 0 spiro atoms. The van der Waals surface area contributed by atoms with Crippen molar-refractivity contribution in [3.05, 3.63) is 35.5 Å². The Kier molecular flexibility index (Phi) is 5.08. The number of rotatable bonds is 5. The second-order valence-corrected chi connectivity index (χ2v) is 7.06. The summed E-state index contributed by atoms with van der Waals surface area (Å²) in [6, 6.07) is 8.65. The van der Waals surface area contributed by atoms with Gasteiger partial charge in [-0.15, -0.1) is 11.3 Å². The van der Waals surface area contributed by atoms with Crippen molar-refractivity contribution in [1.29, 1.82) is 0 Å². The molecular formula is C17H24N4S. The van der Waals surface area contributed by atoms with E-state index >= 15 is 0 Å². The number of benzene rings is 1. The van der Waals surface area contributed by atoms with Gasteiger partial charge in [-0.2, -0.15) is 0 Å². The normalized spacial score (nSPS) is 15.9. The average Bonchev–Trinajstić information content (AvgIpc) is 3.03. The third kappa shape index (κ3) is 3.85. The summed E-state index contributed by atoms with van der Waals surface area (Å²) in [7, 11) is 4.12. The van der Waals surface area contributed by atoms with Crippen molar-refractivity contribution in [2.45, 2.75) is 25.8 Å². The maximum absolute atomic E-state index is 4.55. The third-order valence-corrected chi connectivity index (χ3v) is 5.08. The SMILES string of the molecule is CN(C)c1ccc(-c2cnc(CNN3CCCCC3)s2)cc1. The molecule has 1 aliphatic rings. The lowest BCUT2D eigenvalue weighted by molar-refractivity contribution is 0.151. The molecule has 1 saturated heterocycles. The molecule has 5 heteroatoms. The van der Waals surface area contributed by atoms with Crippen LogP contribution in [0.5, 0.6) is 0 Å². The summed E-state index contributed by atoms with van der Waals surface area (Å²) in [6.45, 7) is 3.15. The van der Waals surface area contributed by atoms with Crippen LogP contribution < -0.4 is 10.3 Å². The Morgan fingerprint density at radius 2 is 1.86 bits per heavy atom. The largest absolute Gasteiger partial charge is 0.378 e. The molecule has 2 aromatic rings. The van der Waals surface area contributed by atoms with E-state index in [1.54, 1.807) is 11.3 Å². The summed E-state index contributed by atoms with van der Waals surface area (Å²) in [5.74, 6) is 0. The molecular weight excluding hydrogens is 292 g/mol. The van der Waals surface area contributed by atoms with Crippen LogP contribution >= 0.6 is 11.3 Å². The fraction of sp³-hybridized carbons (Fsp3) is 0.471. The minimum atomic E-state index is 0.834. The second-order valence-electron chi connectivity index (χ2n) is 5.94. The minimum Gasteiger partial charge on any atom is -0.378 e. The summed E-state index contributed by atoms with van der Waals surface area (Å²) in [4.78, 5) is 7.91. The predicted octanol–water partition coefficient (Wildman–Crippen LogP) is 3.37. The maximum Gasteiger partial charge on any atom is 0.108 e. The van der Waals surface area contributed by atoms with Crippen molar-refractivity contribution in [3.8, 4) is 10.4 Å². The molecule has 0 saturated carbocycles. The van der Waals surface area contributed by atoms with E-state index in [1.165, 1.54) is 35.4 Å². The van der Waals surface area contributed by atoms with Gasteiger partial charge in [0.25, 0.3) is 0 Å². The summed E-state index contributed by atoms with van der Waals surface area (Å²) < 4.78 is 0. The molecule has 2 heterocycles. The van der Waals surface area contributed by atoms with Crippen molar-refractivity contribution < 1.29 is 0 Å². The number of nitrogens with one attached hydrogen (secondary N) is 1. The Hall–Kier alpha value is -1.43. The zero-order valence-corrected chi connectivity index (χ0v) is 14.2. The Labute approximate surface area is 136 Å². The fourth-order valence-corrected chi connectivity index (χ4v) is 3.54. The van der Waals surface area contributed by atoms with E-state index in [0.717, 1.165) is 24.6 Å². The first-order chi connectivity index (χ1) is 10.7. The molecule has 1 aromatic heterocycles. The van der Waals surface area contributed by atoms with Crippen molar-refractivity contribution >= 4 is 17.0 Å². The van der Waals surface area contributed by atoms with E-state index in [4.69, 9.17) is 0 Å². The van der Waals surface area contributed by atoms with Gasteiger partial charge in [0.15, 0.2) is 0 Å². The highest BCUT2D eigenvalue weighted by Gasteiger charge is 2.10. The van der Waals surface area contributed by atoms with Crippen LogP contribution in [0.4, 0.5) is 5.69 Å². The minimum absolute atomic E-state index is 0.834. The van der Waals surface area contributed by atoms with E-state index in [0.29, 0.717) is 0 Å². The van der Waals surface area contributed by atoms with Crippen molar-refractivity contribution in [1.82, 2.24) is 15.4 Å². The van der Waals surface area contributed by atoms with Gasteiger partial charge in [-0.25, -0.2) is 15.4 Å². The van der Waals surface area contributed by atoms with E-state index in [2.05, 4.69) is 58.7 Å². The molecule has 1 aliphatic heterocycles. The number of hydrazine groups is 1. The molecule has 0 atom stereocenters. The third-order valence-electron chi connectivity index (χ3n) is 4.03. The highest BCUT2D eigenvalue weighted by atomic mass is 32.1. The number of piperidine rings is 1. The zero-order valence-electron chi connectivity index (χ0n) is 13.4. The topological polar surface area (TPSA) is 31.4 Å². The Morgan fingerprint density at radius 1 is 1.14 bits per heavy atom. The molecule has 1 aromatic carbocycles. The molecule has 0 amide bonds. The predicted molar refractivity (Wildman–Crippen MR) is 94.1 cm³/mol. The van der Waals surface area contributed by atoms with Crippen molar-refractivity contribution in [3.63, 3.8) is 0 Å². The Bertz CT molecular complexity index is 585. The highest BCUT2D eigenvalue weighted by Crippen LogP contribution is 2.27. The van der Waals surface area contributed by atoms with Gasteiger partial charge in [0.1, 0.15) is 5.01 Å². The molecule has 3 rings (SSSR count). The first-order valence-electron chi connectivity index (χ1n) is 7.93. The monoisotopic (exact) mass is 316 g/mol. The van der Waals surface area contributed by atoms with Crippen LogP contribution in [0.1, 0.15) is 24.3 Å². The van der Waals surface area contributed by atoms with Crippen LogP contribution in [0.15, 0.2) is 30.5 Å². The summed E-state index contributed by atoms with van der Waals surface area (Å²) in [5.41, 5.74) is 5.97. The summed E-state index contributed by atoms with van der Waals surface area (Å²) in [6.07, 6.45) is 5.95. The smallest absolute Gasteiger partial charge is 0.108 e. The Morgan fingerprint density at radius 3 is 2.55 bits per heavy atom. The van der Waals surface area contributed by atoms with Crippen LogP contribution in [-0.2, 0) is 6.54 Å². The lowest BCUT2D eigenvalue weighted by Gasteiger charge is -2.26. The molecule has 1 N–H and O–H groups in total. The molecule has 118 valence electrons. The van der Waals surface area contributed by atoms with Gasteiger partial charge < -0.3 is 4.90 Å². The van der Waals surface area contributed by atoms with Gasteiger partial charge in [-0.05, 0) is 30.5 Å². The van der Waals surface area contributed by atoms with Crippen LogP contribution in [0.2, 0.25) is 0 Å². The zero-order chi connectivity index (χ0) is 15.4. The summed E-state index contributed by atoms with van der Waals surface area (Å²) >= 11 is 1.77. The van der Waals surface area contributed by atoms with Gasteiger partial charge in [-0.3, -0.25) is 0 Å². The molecule has 0 radical (unpaired) electrons. The fourth-order valence-electron chi connectivity index (χ4n) is 2.68. The first kappa shape index (κ1) is 15.5. The maximum atomic E-state index is 4.55. The molecule has 22 heavy (non-hydrogen) atoms. The van der Waals surface area contributed by atoms with E-state index < -0.39 is 0 Å². The van der Waals surface area contributed by atoms with Gasteiger partial charge >= 0.3 is 0 Å². The lowest BCUT2D eigenvalue weighted by atomic mass is 10.2. The quantitative estimate of drug-likeness (QED) is 0.916. The van der Waals surface area contributed by atoms with Crippen molar-refractivity contribution in [2.75, 3.05) is 32.1 Å². The van der Waals surface area contributed by atoms with E-state index in [9.17, 15) is 0 Å². The molecule has 1 fully saturated rings. The van der Waals surface area contributed by atoms with E-state index in [-0.39, 0.29) is 0 Å².